The van der Waals surface area contributed by atoms with Crippen LogP contribution in [0.25, 0.3) is 0 Å². The van der Waals surface area contributed by atoms with Crippen molar-refractivity contribution in [2.45, 2.75) is 69.9 Å². The molecule has 26 heavy (non-hydrogen) atoms. The number of nitrogens with one attached hydrogen (secondary N) is 2. The van der Waals surface area contributed by atoms with Gasteiger partial charge in [0.1, 0.15) is 0 Å². The minimum absolute atomic E-state index is 0.0914. The summed E-state index contributed by atoms with van der Waals surface area (Å²) in [6, 6.07) is -0.282. The van der Waals surface area contributed by atoms with E-state index in [-0.39, 0.29) is 23.9 Å². The molecule has 1 saturated carbocycles. The Balaban J connectivity index is 1.58. The molecule has 148 valence electrons. The van der Waals surface area contributed by atoms with Gasteiger partial charge in [0.25, 0.3) is 0 Å². The second-order valence-electron chi connectivity index (χ2n) is 8.19. The van der Waals surface area contributed by atoms with Gasteiger partial charge in [-0.15, -0.1) is 0 Å². The predicted octanol–water partition coefficient (Wildman–Crippen LogP) is 1.36. The second-order valence-corrected chi connectivity index (χ2v) is 8.19. The minimum Gasteiger partial charge on any atom is -0.358 e. The fourth-order valence-corrected chi connectivity index (χ4v) is 5.10. The molecular weight excluding hydrogens is 328 g/mol. The quantitative estimate of drug-likeness (QED) is 0.716. The van der Waals surface area contributed by atoms with Gasteiger partial charge < -0.3 is 15.5 Å². The molecule has 2 heterocycles. The number of likely N-dealkylation sites (N-methyl/N-ethyl adjacent to an activating group) is 1. The van der Waals surface area contributed by atoms with Crippen molar-refractivity contribution in [2.75, 3.05) is 39.8 Å². The third-order valence-electron chi connectivity index (χ3n) is 6.49. The van der Waals surface area contributed by atoms with E-state index in [9.17, 15) is 9.59 Å². The van der Waals surface area contributed by atoms with E-state index in [0.29, 0.717) is 5.92 Å². The van der Waals surface area contributed by atoms with Crippen LogP contribution in [0, 0.1) is 5.92 Å². The molecule has 1 aliphatic carbocycles. The molecule has 0 spiro atoms. The summed E-state index contributed by atoms with van der Waals surface area (Å²) in [6.07, 6.45) is 10.3. The maximum absolute atomic E-state index is 12.8. The molecule has 2 atom stereocenters. The number of carbonyl (C=O) groups is 2. The highest BCUT2D eigenvalue weighted by Crippen LogP contribution is 2.33. The Morgan fingerprint density at radius 3 is 2.38 bits per heavy atom. The molecule has 0 aromatic carbocycles. The first-order valence-corrected chi connectivity index (χ1v) is 10.7. The van der Waals surface area contributed by atoms with Crippen LogP contribution in [0.4, 0.5) is 0 Å². The van der Waals surface area contributed by atoms with Gasteiger partial charge in [-0.25, -0.2) is 0 Å². The lowest BCUT2D eigenvalue weighted by molar-refractivity contribution is -0.133. The highest BCUT2D eigenvalue weighted by Gasteiger charge is 2.42. The van der Waals surface area contributed by atoms with Crippen molar-refractivity contribution in [1.29, 1.82) is 0 Å². The van der Waals surface area contributed by atoms with Crippen molar-refractivity contribution in [2.24, 2.45) is 5.92 Å². The van der Waals surface area contributed by atoms with E-state index in [4.69, 9.17) is 0 Å². The number of carbonyl (C=O) groups excluding carboxylic acids is 2. The summed E-state index contributed by atoms with van der Waals surface area (Å²) in [7, 11) is 1.72. The van der Waals surface area contributed by atoms with E-state index < -0.39 is 0 Å². The zero-order chi connectivity index (χ0) is 18.4. The number of hydrogen-bond acceptors (Lipinski definition) is 4. The largest absolute Gasteiger partial charge is 0.358 e. The molecule has 3 fully saturated rings. The SMILES string of the molecule is CNC(=O)[C@@H](C1CCCCC1)N1CCC[C@H]1C(=O)NCCN1CCCC1. The van der Waals surface area contributed by atoms with E-state index in [0.717, 1.165) is 58.4 Å². The van der Waals surface area contributed by atoms with E-state index >= 15 is 0 Å². The smallest absolute Gasteiger partial charge is 0.237 e. The molecule has 0 bridgehead atoms. The maximum Gasteiger partial charge on any atom is 0.237 e. The van der Waals surface area contributed by atoms with Crippen LogP contribution in [0.1, 0.15) is 57.8 Å². The van der Waals surface area contributed by atoms with E-state index in [2.05, 4.69) is 20.4 Å². The van der Waals surface area contributed by atoms with Crippen LogP contribution in [0.15, 0.2) is 0 Å². The summed E-state index contributed by atoms with van der Waals surface area (Å²) < 4.78 is 0. The molecule has 0 unspecified atom stereocenters. The van der Waals surface area contributed by atoms with Gasteiger partial charge in [-0.05, 0) is 64.1 Å². The fraction of sp³-hybridized carbons (Fsp3) is 0.900. The fourth-order valence-electron chi connectivity index (χ4n) is 5.10. The van der Waals surface area contributed by atoms with Crippen LogP contribution in [-0.4, -0.2) is 73.5 Å². The lowest BCUT2D eigenvalue weighted by atomic mass is 9.82. The Morgan fingerprint density at radius 2 is 1.69 bits per heavy atom. The molecule has 0 radical (unpaired) electrons. The van der Waals surface area contributed by atoms with Gasteiger partial charge >= 0.3 is 0 Å². The summed E-state index contributed by atoms with van der Waals surface area (Å²) in [5.74, 6) is 0.599. The molecule has 2 amide bonds. The zero-order valence-corrected chi connectivity index (χ0v) is 16.3. The van der Waals surface area contributed by atoms with Crippen LogP contribution in [0.2, 0.25) is 0 Å². The predicted molar refractivity (Wildman–Crippen MR) is 103 cm³/mol. The van der Waals surface area contributed by atoms with Crippen molar-refractivity contribution >= 4 is 11.8 Å². The van der Waals surface area contributed by atoms with E-state index in [1.54, 1.807) is 7.05 Å². The van der Waals surface area contributed by atoms with Crippen LogP contribution < -0.4 is 10.6 Å². The van der Waals surface area contributed by atoms with Crippen molar-refractivity contribution in [3.63, 3.8) is 0 Å². The van der Waals surface area contributed by atoms with E-state index in [1.165, 1.54) is 32.1 Å². The molecule has 0 aromatic rings. The highest BCUT2D eigenvalue weighted by molar-refractivity contribution is 5.85. The Kier molecular flexibility index (Phi) is 7.32. The second kappa shape index (κ2) is 9.70. The minimum atomic E-state index is -0.142. The third-order valence-corrected chi connectivity index (χ3v) is 6.49. The summed E-state index contributed by atoms with van der Waals surface area (Å²) in [6.45, 7) is 4.84. The van der Waals surface area contributed by atoms with Crippen molar-refractivity contribution in [3.8, 4) is 0 Å². The molecule has 6 nitrogen and oxygen atoms in total. The van der Waals surface area contributed by atoms with Crippen LogP contribution in [0.5, 0.6) is 0 Å². The van der Waals surface area contributed by atoms with Crippen LogP contribution in [-0.2, 0) is 9.59 Å². The Bertz CT molecular complexity index is 472. The number of hydrogen-bond donors (Lipinski definition) is 2. The Morgan fingerprint density at radius 1 is 0.962 bits per heavy atom. The molecule has 0 aromatic heterocycles. The monoisotopic (exact) mass is 364 g/mol. The topological polar surface area (TPSA) is 64.7 Å². The number of nitrogens with zero attached hydrogens (tertiary/aromatic N) is 2. The van der Waals surface area contributed by atoms with Gasteiger partial charge in [-0.2, -0.15) is 0 Å². The lowest BCUT2D eigenvalue weighted by Gasteiger charge is -2.38. The first-order valence-electron chi connectivity index (χ1n) is 10.7. The maximum atomic E-state index is 12.8. The average molecular weight is 365 g/mol. The molecule has 6 heteroatoms. The third kappa shape index (κ3) is 4.77. The molecular formula is C20H36N4O2. The van der Waals surface area contributed by atoms with Crippen LogP contribution in [0.3, 0.4) is 0 Å². The van der Waals surface area contributed by atoms with Gasteiger partial charge in [0.15, 0.2) is 0 Å². The van der Waals surface area contributed by atoms with E-state index in [1.807, 2.05) is 0 Å². The standard InChI is InChI=1S/C20H36N4O2/c1-21-20(26)18(16-8-3-2-4-9-16)24-14-7-10-17(24)19(25)22-11-15-23-12-5-6-13-23/h16-18H,2-15H2,1H3,(H,21,26)(H,22,25)/t17-,18+/m0/s1. The Hall–Kier alpha value is -1.14. The van der Waals surface area contributed by atoms with Gasteiger partial charge in [-0.1, -0.05) is 19.3 Å². The zero-order valence-electron chi connectivity index (χ0n) is 16.3. The van der Waals surface area contributed by atoms with Gasteiger partial charge in [0.05, 0.1) is 12.1 Å². The van der Waals surface area contributed by atoms with Crippen molar-refractivity contribution in [1.82, 2.24) is 20.4 Å². The lowest BCUT2D eigenvalue weighted by Crippen LogP contribution is -2.56. The number of rotatable bonds is 7. The van der Waals surface area contributed by atoms with Gasteiger partial charge in [-0.3, -0.25) is 14.5 Å². The number of amides is 2. The normalized spacial score (nSPS) is 26.7. The van der Waals surface area contributed by atoms with Crippen LogP contribution >= 0.6 is 0 Å². The summed E-state index contributed by atoms with van der Waals surface area (Å²) >= 11 is 0. The van der Waals surface area contributed by atoms with Gasteiger partial charge in [0.2, 0.25) is 11.8 Å². The van der Waals surface area contributed by atoms with Gasteiger partial charge in [0, 0.05) is 20.1 Å². The molecule has 2 saturated heterocycles. The van der Waals surface area contributed by atoms with Crippen molar-refractivity contribution < 1.29 is 9.59 Å². The first kappa shape index (κ1) is 19.6. The molecule has 2 aliphatic heterocycles. The highest BCUT2D eigenvalue weighted by atomic mass is 16.2. The summed E-state index contributed by atoms with van der Waals surface area (Å²) in [5.41, 5.74) is 0. The first-order chi connectivity index (χ1) is 12.7. The molecule has 3 aliphatic rings. The molecule has 2 N–H and O–H groups in total. The number of likely N-dealkylation sites (tertiary alicyclic amines) is 2. The van der Waals surface area contributed by atoms with Crippen molar-refractivity contribution in [3.05, 3.63) is 0 Å². The summed E-state index contributed by atoms with van der Waals surface area (Å²) in [4.78, 5) is 30.1. The Labute approximate surface area is 158 Å². The summed E-state index contributed by atoms with van der Waals surface area (Å²) in [5, 5.41) is 6.00. The molecule has 3 rings (SSSR count). The average Bonchev–Trinajstić information content (AvgIpc) is 3.35.